The maximum absolute atomic E-state index is 5.15. The smallest absolute Gasteiger partial charge is 0.205 e. The molecule has 1 aromatic heterocycles. The van der Waals surface area contributed by atoms with Gasteiger partial charge in [0.25, 0.3) is 0 Å². The van der Waals surface area contributed by atoms with Crippen LogP contribution in [0.4, 0.5) is 0 Å². The second-order valence-electron chi connectivity index (χ2n) is 4.65. The molecule has 0 saturated carbocycles. The summed E-state index contributed by atoms with van der Waals surface area (Å²) in [4.78, 5) is 1.60. The summed E-state index contributed by atoms with van der Waals surface area (Å²) >= 11 is 4.58. The second kappa shape index (κ2) is 6.90. The van der Waals surface area contributed by atoms with E-state index in [0.717, 1.165) is 24.0 Å². The molecule has 0 unspecified atom stereocenters. The molecule has 0 bridgehead atoms. The van der Waals surface area contributed by atoms with Crippen molar-refractivity contribution in [1.29, 1.82) is 0 Å². The first-order valence-corrected chi connectivity index (χ1v) is 8.67. The minimum absolute atomic E-state index is 0.581. The number of aromatic nitrogens is 4. The SMILES string of the molecule is COc1ccc(Cn2nnc(-c3cc(I)cc(I)c3)n2)cc1. The third kappa shape index (κ3) is 3.75. The molecule has 112 valence electrons. The van der Waals surface area contributed by atoms with Crippen molar-refractivity contribution in [2.24, 2.45) is 0 Å². The number of tetrazole rings is 1. The van der Waals surface area contributed by atoms with Crippen molar-refractivity contribution in [3.05, 3.63) is 55.2 Å². The highest BCUT2D eigenvalue weighted by Gasteiger charge is 2.08. The van der Waals surface area contributed by atoms with Gasteiger partial charge < -0.3 is 4.74 Å². The zero-order valence-electron chi connectivity index (χ0n) is 11.7. The van der Waals surface area contributed by atoms with E-state index in [1.165, 1.54) is 0 Å². The average molecular weight is 518 g/mol. The Labute approximate surface area is 155 Å². The van der Waals surface area contributed by atoms with Crippen LogP contribution in [0.25, 0.3) is 11.4 Å². The number of methoxy groups -OCH3 is 1. The molecule has 0 spiro atoms. The topological polar surface area (TPSA) is 52.8 Å². The number of hydrogen-bond acceptors (Lipinski definition) is 4. The van der Waals surface area contributed by atoms with Crippen LogP contribution in [0.3, 0.4) is 0 Å². The standard InChI is InChI=1S/C15H12I2N4O/c1-22-14-4-2-10(3-5-14)9-21-19-15(18-20-21)11-6-12(16)8-13(17)7-11/h2-8H,9H2,1H3. The Morgan fingerprint density at radius 2 is 1.73 bits per heavy atom. The molecule has 0 saturated heterocycles. The van der Waals surface area contributed by atoms with Crippen molar-refractivity contribution in [3.63, 3.8) is 0 Å². The van der Waals surface area contributed by atoms with Gasteiger partial charge in [0.15, 0.2) is 0 Å². The summed E-state index contributed by atoms with van der Waals surface area (Å²) in [6.07, 6.45) is 0. The van der Waals surface area contributed by atoms with Gasteiger partial charge in [-0.05, 0) is 86.3 Å². The molecule has 0 atom stereocenters. The quantitative estimate of drug-likeness (QED) is 0.496. The molecule has 0 aliphatic carbocycles. The van der Waals surface area contributed by atoms with Crippen molar-refractivity contribution in [1.82, 2.24) is 20.2 Å². The Morgan fingerprint density at radius 3 is 2.36 bits per heavy atom. The lowest BCUT2D eigenvalue weighted by molar-refractivity contribution is 0.414. The van der Waals surface area contributed by atoms with E-state index in [4.69, 9.17) is 4.74 Å². The van der Waals surface area contributed by atoms with Crippen LogP contribution in [0.15, 0.2) is 42.5 Å². The number of halogens is 2. The summed E-state index contributed by atoms with van der Waals surface area (Å²) in [6, 6.07) is 14.1. The molecular weight excluding hydrogens is 506 g/mol. The lowest BCUT2D eigenvalue weighted by Gasteiger charge is -2.02. The van der Waals surface area contributed by atoms with Gasteiger partial charge in [0.1, 0.15) is 5.75 Å². The molecule has 0 aliphatic heterocycles. The third-order valence-electron chi connectivity index (χ3n) is 3.06. The van der Waals surface area contributed by atoms with Crippen LogP contribution in [-0.4, -0.2) is 27.3 Å². The van der Waals surface area contributed by atoms with E-state index in [9.17, 15) is 0 Å². The van der Waals surface area contributed by atoms with Gasteiger partial charge in [0.2, 0.25) is 5.82 Å². The number of benzene rings is 2. The van der Waals surface area contributed by atoms with E-state index < -0.39 is 0 Å². The highest BCUT2D eigenvalue weighted by molar-refractivity contribution is 14.1. The summed E-state index contributed by atoms with van der Waals surface area (Å²) in [5.74, 6) is 1.48. The predicted octanol–water partition coefficient (Wildman–Crippen LogP) is 3.61. The van der Waals surface area contributed by atoms with E-state index >= 15 is 0 Å². The molecule has 1 heterocycles. The van der Waals surface area contributed by atoms with E-state index in [-0.39, 0.29) is 0 Å². The molecular formula is C15H12I2N4O. The number of nitrogens with zero attached hydrogens (tertiary/aromatic N) is 4. The summed E-state index contributed by atoms with van der Waals surface area (Å²) in [5, 5.41) is 12.7. The maximum atomic E-state index is 5.15. The lowest BCUT2D eigenvalue weighted by Crippen LogP contribution is -2.04. The molecule has 3 aromatic rings. The summed E-state index contributed by atoms with van der Waals surface area (Å²) < 4.78 is 7.47. The van der Waals surface area contributed by atoms with Gasteiger partial charge in [-0.3, -0.25) is 0 Å². The van der Waals surface area contributed by atoms with Crippen LogP contribution in [-0.2, 0) is 6.54 Å². The van der Waals surface area contributed by atoms with Crippen LogP contribution in [0.1, 0.15) is 5.56 Å². The Kier molecular flexibility index (Phi) is 4.91. The normalized spacial score (nSPS) is 10.7. The third-order valence-corrected chi connectivity index (χ3v) is 4.30. The Morgan fingerprint density at radius 1 is 1.05 bits per heavy atom. The van der Waals surface area contributed by atoms with Crippen molar-refractivity contribution in [3.8, 4) is 17.1 Å². The first kappa shape index (κ1) is 15.7. The van der Waals surface area contributed by atoms with Crippen LogP contribution >= 0.6 is 45.2 Å². The van der Waals surface area contributed by atoms with Gasteiger partial charge in [-0.2, -0.15) is 4.80 Å². The average Bonchev–Trinajstić information content (AvgIpc) is 2.96. The lowest BCUT2D eigenvalue weighted by atomic mass is 10.2. The molecule has 22 heavy (non-hydrogen) atoms. The Bertz CT molecular complexity index is 766. The maximum Gasteiger partial charge on any atom is 0.205 e. The van der Waals surface area contributed by atoms with Gasteiger partial charge in [-0.25, -0.2) is 0 Å². The van der Waals surface area contributed by atoms with Crippen LogP contribution in [0.2, 0.25) is 0 Å². The molecule has 2 aromatic carbocycles. The summed E-state index contributed by atoms with van der Waals surface area (Å²) in [6.45, 7) is 0.581. The summed E-state index contributed by atoms with van der Waals surface area (Å²) in [5.41, 5.74) is 2.08. The largest absolute Gasteiger partial charge is 0.497 e. The van der Waals surface area contributed by atoms with Crippen LogP contribution in [0.5, 0.6) is 5.75 Å². The molecule has 3 rings (SSSR count). The first-order valence-electron chi connectivity index (χ1n) is 6.51. The van der Waals surface area contributed by atoms with Gasteiger partial charge in [-0.15, -0.1) is 10.2 Å². The van der Waals surface area contributed by atoms with Crippen LogP contribution < -0.4 is 4.74 Å². The Balaban J connectivity index is 1.80. The molecule has 0 amide bonds. The van der Waals surface area contributed by atoms with E-state index in [1.807, 2.05) is 24.3 Å². The summed E-state index contributed by atoms with van der Waals surface area (Å²) in [7, 11) is 1.66. The fourth-order valence-corrected chi connectivity index (χ4v) is 3.94. The number of hydrogen-bond donors (Lipinski definition) is 0. The highest BCUT2D eigenvalue weighted by atomic mass is 127. The number of rotatable bonds is 4. The predicted molar refractivity (Wildman–Crippen MR) is 101 cm³/mol. The zero-order chi connectivity index (χ0) is 15.5. The first-order chi connectivity index (χ1) is 10.6. The van der Waals surface area contributed by atoms with Crippen molar-refractivity contribution in [2.75, 3.05) is 7.11 Å². The molecule has 0 N–H and O–H groups in total. The van der Waals surface area contributed by atoms with Crippen LogP contribution in [0, 0.1) is 7.14 Å². The fourth-order valence-electron chi connectivity index (χ4n) is 2.00. The van der Waals surface area contributed by atoms with Crippen molar-refractivity contribution >= 4 is 45.2 Å². The number of ether oxygens (including phenoxy) is 1. The molecule has 0 fully saturated rings. The van der Waals surface area contributed by atoms with Gasteiger partial charge in [-0.1, -0.05) is 12.1 Å². The molecule has 7 heteroatoms. The monoisotopic (exact) mass is 518 g/mol. The van der Waals surface area contributed by atoms with Gasteiger partial charge >= 0.3 is 0 Å². The zero-order valence-corrected chi connectivity index (χ0v) is 16.0. The van der Waals surface area contributed by atoms with Gasteiger partial charge in [0, 0.05) is 12.7 Å². The van der Waals surface area contributed by atoms with Gasteiger partial charge in [0.05, 0.1) is 13.7 Å². The fraction of sp³-hybridized carbons (Fsp3) is 0.133. The Hall–Kier alpha value is -1.23. The second-order valence-corrected chi connectivity index (χ2v) is 7.14. The molecule has 0 radical (unpaired) electrons. The van der Waals surface area contributed by atoms with Crippen molar-refractivity contribution in [2.45, 2.75) is 6.54 Å². The van der Waals surface area contributed by atoms with E-state index in [2.05, 4.69) is 78.8 Å². The molecule has 0 aliphatic rings. The highest BCUT2D eigenvalue weighted by Crippen LogP contribution is 2.21. The minimum atomic E-state index is 0.581. The van der Waals surface area contributed by atoms with Crippen molar-refractivity contribution < 1.29 is 4.74 Å². The van der Waals surface area contributed by atoms with E-state index in [1.54, 1.807) is 11.9 Å². The van der Waals surface area contributed by atoms with E-state index in [0.29, 0.717) is 12.4 Å². The molecule has 5 nitrogen and oxygen atoms in total. The minimum Gasteiger partial charge on any atom is -0.497 e.